The van der Waals surface area contributed by atoms with Crippen LogP contribution in [0.5, 0.6) is 0 Å². The molecule has 5 aromatic rings. The van der Waals surface area contributed by atoms with Crippen molar-refractivity contribution < 1.29 is 33.4 Å². The van der Waals surface area contributed by atoms with Crippen LogP contribution in [0.1, 0.15) is 105 Å². The van der Waals surface area contributed by atoms with E-state index in [-0.39, 0.29) is 36.2 Å². The Kier molecular flexibility index (Phi) is 17.4. The molecule has 1 aliphatic rings. The average molecular weight is 956 g/mol. The van der Waals surface area contributed by atoms with Crippen LogP contribution in [0.4, 0.5) is 9.59 Å². The van der Waals surface area contributed by atoms with Crippen LogP contribution in [0.2, 0.25) is 0 Å². The van der Waals surface area contributed by atoms with Crippen molar-refractivity contribution in [3.05, 3.63) is 173 Å². The van der Waals surface area contributed by atoms with Crippen LogP contribution in [0.15, 0.2) is 133 Å². The minimum absolute atomic E-state index is 0.0149. The first-order chi connectivity index (χ1) is 32.5. The van der Waals surface area contributed by atoms with Crippen LogP contribution < -0.4 is 11.1 Å². The fourth-order valence-corrected chi connectivity index (χ4v) is 9.40. The van der Waals surface area contributed by atoms with Gasteiger partial charge in [-0.3, -0.25) is 14.4 Å². The number of Topliss-reactive ketones (excluding diaryl/α,β-unsaturated/α-hetero) is 1. The van der Waals surface area contributed by atoms with E-state index in [1.165, 1.54) is 4.90 Å². The third kappa shape index (κ3) is 12.2. The van der Waals surface area contributed by atoms with Gasteiger partial charge in [-0.25, -0.2) is 14.5 Å². The van der Waals surface area contributed by atoms with Crippen molar-refractivity contribution in [3.8, 4) is 11.1 Å². The number of alkyl carbamates (subject to hydrolysis) is 1. The highest BCUT2D eigenvalue weighted by atomic mass is 32.1. The monoisotopic (exact) mass is 955 g/mol. The van der Waals surface area contributed by atoms with E-state index in [9.17, 15) is 19.2 Å². The van der Waals surface area contributed by atoms with Crippen molar-refractivity contribution in [2.45, 2.75) is 96.0 Å². The number of amides is 4. The van der Waals surface area contributed by atoms with Gasteiger partial charge in [0.25, 0.3) is 5.91 Å². The molecule has 6 rings (SSSR count). The maximum absolute atomic E-state index is 15.2. The molecular weight excluding hydrogens is 893 g/mol. The zero-order valence-electron chi connectivity index (χ0n) is 39.7. The van der Waals surface area contributed by atoms with Crippen molar-refractivity contribution in [2.75, 3.05) is 24.7 Å². The lowest BCUT2D eigenvalue weighted by Crippen LogP contribution is -2.64. The van der Waals surface area contributed by atoms with E-state index in [2.05, 4.69) is 30.6 Å². The number of carbonyl (C=O) groups is 5. The van der Waals surface area contributed by atoms with E-state index >= 15 is 4.79 Å². The number of benzene rings is 5. The minimum Gasteiger partial charge on any atom is -0.449 e. The quantitative estimate of drug-likeness (QED) is 0.0294. The topological polar surface area (TPSA) is 148 Å². The smallest absolute Gasteiger partial charge is 0.417 e. The molecule has 0 aliphatic heterocycles. The molecule has 3 atom stereocenters. The molecule has 11 nitrogen and oxygen atoms in total. The van der Waals surface area contributed by atoms with Crippen molar-refractivity contribution in [1.29, 1.82) is 0 Å². The summed E-state index contributed by atoms with van der Waals surface area (Å²) in [5.41, 5.74) is 11.1. The molecule has 0 spiro atoms. The Morgan fingerprint density at radius 1 is 0.632 bits per heavy atom. The summed E-state index contributed by atoms with van der Waals surface area (Å²) in [4.78, 5) is 75.1. The Balaban J connectivity index is 1.29. The first-order valence-corrected chi connectivity index (χ1v) is 24.3. The number of ether oxygens (including phenoxy) is 2. The SMILES string of the molecule is CC(C)(C)OC(=O)N(C(=O)[C@H](CCCCN)NC(=O)OCC1c2ccccc2-c2ccccc21)[C@@H](CS)C(=O)N([C@@H](CS)C(=O)c1ccc([C](c2ccccc2)c2ccccc2)cc1)C(C)(C)C. The third-order valence-electron chi connectivity index (χ3n) is 11.8. The number of fused-ring (bicyclic) bond motifs is 3. The van der Waals surface area contributed by atoms with Gasteiger partial charge in [0.2, 0.25) is 5.91 Å². The molecule has 13 heteroatoms. The highest BCUT2D eigenvalue weighted by molar-refractivity contribution is 7.80. The number of rotatable bonds is 18. The average Bonchev–Trinajstić information content (AvgIpc) is 3.64. The summed E-state index contributed by atoms with van der Waals surface area (Å²) in [5, 5.41) is 2.71. The number of thiol groups is 2. The molecule has 1 radical (unpaired) electrons. The molecular formula is C55H63N4O7S2. The van der Waals surface area contributed by atoms with Gasteiger partial charge in [-0.2, -0.15) is 25.3 Å². The molecule has 68 heavy (non-hydrogen) atoms. The lowest BCUT2D eigenvalue weighted by molar-refractivity contribution is -0.149. The van der Waals surface area contributed by atoms with E-state index < -0.39 is 53.3 Å². The van der Waals surface area contributed by atoms with Gasteiger partial charge in [0.05, 0.1) is 5.92 Å². The Morgan fingerprint density at radius 2 is 1.12 bits per heavy atom. The van der Waals surface area contributed by atoms with Crippen LogP contribution in [0.3, 0.4) is 0 Å². The fourth-order valence-electron chi connectivity index (χ4n) is 8.75. The molecule has 4 amide bonds. The molecule has 5 aromatic carbocycles. The van der Waals surface area contributed by atoms with Crippen LogP contribution in [-0.4, -0.2) is 93.5 Å². The van der Waals surface area contributed by atoms with Crippen LogP contribution in [0.25, 0.3) is 11.1 Å². The molecule has 0 saturated carbocycles. The molecule has 357 valence electrons. The first-order valence-electron chi connectivity index (χ1n) is 23.0. The van der Waals surface area contributed by atoms with Gasteiger partial charge in [-0.1, -0.05) is 133 Å². The maximum Gasteiger partial charge on any atom is 0.417 e. The zero-order valence-corrected chi connectivity index (χ0v) is 41.5. The highest BCUT2D eigenvalue weighted by Crippen LogP contribution is 2.44. The van der Waals surface area contributed by atoms with Gasteiger partial charge in [-0.05, 0) is 106 Å². The summed E-state index contributed by atoms with van der Waals surface area (Å²) >= 11 is 9.19. The van der Waals surface area contributed by atoms with Crippen LogP contribution in [0, 0.1) is 5.92 Å². The van der Waals surface area contributed by atoms with E-state index in [1.54, 1.807) is 53.7 Å². The molecule has 0 heterocycles. The number of nitrogens with one attached hydrogen (secondary N) is 1. The number of hydrogen-bond donors (Lipinski definition) is 4. The van der Waals surface area contributed by atoms with Gasteiger partial charge in [0, 0.05) is 28.5 Å². The van der Waals surface area contributed by atoms with E-state index in [0.29, 0.717) is 24.9 Å². The summed E-state index contributed by atoms with van der Waals surface area (Å²) in [7, 11) is 0. The second kappa shape index (κ2) is 22.9. The molecule has 0 saturated heterocycles. The normalized spacial score (nSPS) is 13.7. The lowest BCUT2D eigenvalue weighted by Gasteiger charge is -2.44. The number of nitrogens with two attached hydrogens (primary N) is 1. The fraction of sp³-hybridized carbons (Fsp3) is 0.345. The van der Waals surface area contributed by atoms with E-state index in [4.69, 9.17) is 15.2 Å². The summed E-state index contributed by atoms with van der Waals surface area (Å²) in [6, 6.07) is 39.0. The standard InChI is InChI=1S/C55H63N4O7S2/c1-54(2,3)59(46(34-67)49(60)39-30-28-38(29-31-39)48(36-19-9-7-10-20-36)37-21-11-8-12-22-37)51(62)47(35-68)58(53(64)66-55(4,5)6)50(61)45(27-17-18-32-56)57-52(63)65-33-44-42-25-15-13-23-40(42)41-24-14-16-26-43(41)44/h7-16,19-26,28-31,44-47,67-68H,17-18,27,32-35,56H2,1-6H3,(H,57,63)/t45-,46-,47-/m0/s1. The number of carbonyl (C=O) groups excluding carboxylic acids is 5. The Morgan fingerprint density at radius 3 is 1.60 bits per heavy atom. The molecule has 3 N–H and O–H groups in total. The Bertz CT molecular complexity index is 2440. The summed E-state index contributed by atoms with van der Waals surface area (Å²) in [5.74, 6) is -1.70. The van der Waals surface area contributed by atoms with Crippen LogP contribution in [-0.2, 0) is 19.1 Å². The second-order valence-corrected chi connectivity index (χ2v) is 19.6. The molecule has 0 unspecified atom stereocenters. The predicted octanol–water partition coefficient (Wildman–Crippen LogP) is 9.91. The maximum atomic E-state index is 15.2. The number of ketones is 1. The minimum atomic E-state index is -1.58. The molecule has 1 aliphatic carbocycles. The highest BCUT2D eigenvalue weighted by Gasteiger charge is 2.46. The van der Waals surface area contributed by atoms with Gasteiger partial charge in [-0.15, -0.1) is 0 Å². The van der Waals surface area contributed by atoms with Crippen molar-refractivity contribution in [1.82, 2.24) is 15.1 Å². The second-order valence-electron chi connectivity index (χ2n) is 18.8. The predicted molar refractivity (Wildman–Crippen MR) is 274 cm³/mol. The molecule has 0 fully saturated rings. The Hall–Kier alpha value is -5.89. The largest absolute Gasteiger partial charge is 0.449 e. The zero-order chi connectivity index (χ0) is 49.2. The first kappa shape index (κ1) is 51.5. The number of hydrogen-bond acceptors (Lipinski definition) is 10. The molecule has 0 bridgehead atoms. The molecule has 0 aromatic heterocycles. The van der Waals surface area contributed by atoms with Gasteiger partial charge in [0.1, 0.15) is 30.3 Å². The number of nitrogens with zero attached hydrogens (tertiary/aromatic N) is 2. The van der Waals surface area contributed by atoms with Gasteiger partial charge >= 0.3 is 12.2 Å². The van der Waals surface area contributed by atoms with Gasteiger partial charge < -0.3 is 25.4 Å². The van der Waals surface area contributed by atoms with Crippen molar-refractivity contribution in [2.24, 2.45) is 5.73 Å². The van der Waals surface area contributed by atoms with E-state index in [1.807, 2.05) is 121 Å². The van der Waals surface area contributed by atoms with Gasteiger partial charge in [0.15, 0.2) is 5.78 Å². The van der Waals surface area contributed by atoms with Crippen molar-refractivity contribution in [3.63, 3.8) is 0 Å². The number of unbranched alkanes of at least 4 members (excludes halogenated alkanes) is 1. The van der Waals surface area contributed by atoms with Crippen molar-refractivity contribution >= 4 is 55.0 Å². The summed E-state index contributed by atoms with van der Waals surface area (Å²) in [6.45, 7) is 10.5. The van der Waals surface area contributed by atoms with Crippen LogP contribution >= 0.6 is 25.3 Å². The van der Waals surface area contributed by atoms with E-state index in [0.717, 1.165) is 49.8 Å². The lowest BCUT2D eigenvalue weighted by atomic mass is 9.84. The third-order valence-corrected chi connectivity index (χ3v) is 12.5. The summed E-state index contributed by atoms with van der Waals surface area (Å²) < 4.78 is 11.6. The Labute approximate surface area is 412 Å². The summed E-state index contributed by atoms with van der Waals surface area (Å²) in [6.07, 6.45) is -1.01. The number of imide groups is 1.